The molecule has 0 bridgehead atoms. The van der Waals surface area contributed by atoms with E-state index in [1.807, 2.05) is 0 Å². The van der Waals surface area contributed by atoms with Crippen LogP contribution in [0.3, 0.4) is 0 Å². The fourth-order valence-electron chi connectivity index (χ4n) is 7.38. The van der Waals surface area contributed by atoms with Crippen LogP contribution >= 0.6 is 0 Å². The van der Waals surface area contributed by atoms with E-state index in [9.17, 15) is 39.9 Å². The number of Topliss-reactive ketones (excluding diaryl/α,β-unsaturated/α-hetero) is 2. The molecule has 0 spiro atoms. The molecule has 3 aliphatic carbocycles. The zero-order valence-electron chi connectivity index (χ0n) is 22.3. The highest BCUT2D eigenvalue weighted by Crippen LogP contribution is 2.57. The fraction of sp³-hybridized carbons (Fsp3) is 0.552. The number of aliphatic hydroxyl groups excluding tert-OH is 3. The molecule has 1 saturated heterocycles. The van der Waals surface area contributed by atoms with Crippen molar-refractivity contribution < 1.29 is 39.9 Å². The number of aliphatic hydroxyl groups is 4. The molecule has 2 fully saturated rings. The van der Waals surface area contributed by atoms with Gasteiger partial charge < -0.3 is 31.3 Å². The van der Waals surface area contributed by atoms with Crippen molar-refractivity contribution in [3.8, 4) is 5.75 Å². The maximum absolute atomic E-state index is 14.1. The van der Waals surface area contributed by atoms with Crippen molar-refractivity contribution in [2.75, 3.05) is 13.1 Å². The molecule has 1 saturated carbocycles. The summed E-state index contributed by atoms with van der Waals surface area (Å²) in [7, 11) is 0. The van der Waals surface area contributed by atoms with Gasteiger partial charge in [-0.15, -0.1) is 0 Å². The van der Waals surface area contributed by atoms with Gasteiger partial charge in [0, 0.05) is 35.4 Å². The topological polar surface area (TPSA) is 182 Å². The molecule has 1 heterocycles. The first-order valence-electron chi connectivity index (χ1n) is 13.6. The second kappa shape index (κ2) is 9.46. The number of phenols is 1. The van der Waals surface area contributed by atoms with E-state index in [2.05, 4.69) is 4.90 Å². The third kappa shape index (κ3) is 3.76. The van der Waals surface area contributed by atoms with Crippen LogP contribution in [-0.4, -0.2) is 72.7 Å². The summed E-state index contributed by atoms with van der Waals surface area (Å²) in [6.07, 6.45) is 1.69. The number of hydrogen-bond donors (Lipinski definition) is 6. The van der Waals surface area contributed by atoms with Gasteiger partial charge in [-0.1, -0.05) is 39.3 Å². The smallest absolute Gasteiger partial charge is 0.255 e. The number of fused-ring (bicyclic) bond motifs is 3. The Morgan fingerprint density at radius 3 is 2.36 bits per heavy atom. The summed E-state index contributed by atoms with van der Waals surface area (Å²) in [6, 6.07) is 3.54. The molecule has 10 nitrogen and oxygen atoms in total. The third-order valence-electron chi connectivity index (χ3n) is 9.30. The van der Waals surface area contributed by atoms with Crippen LogP contribution in [0.25, 0.3) is 5.76 Å². The highest BCUT2D eigenvalue weighted by molar-refractivity contribution is 6.23. The molecule has 0 aromatic heterocycles. The molecule has 0 unspecified atom stereocenters. The summed E-state index contributed by atoms with van der Waals surface area (Å²) in [5.74, 6) is -10.2. The zero-order valence-corrected chi connectivity index (χ0v) is 22.3. The number of aromatic hydroxyl groups is 1. The number of rotatable bonds is 4. The Kier molecular flexibility index (Phi) is 6.64. The number of piperidine rings is 1. The average molecular weight is 541 g/mol. The van der Waals surface area contributed by atoms with Gasteiger partial charge in [0.05, 0.1) is 11.7 Å². The van der Waals surface area contributed by atoms with Crippen LogP contribution in [0.5, 0.6) is 5.75 Å². The molecule has 1 amide bonds. The number of hydrogen-bond acceptors (Lipinski definition) is 9. The number of carbonyl (C=O) groups is 3. The molecule has 7 N–H and O–H groups in total. The van der Waals surface area contributed by atoms with Gasteiger partial charge in [0.25, 0.3) is 5.91 Å². The number of nitrogens with zero attached hydrogens (tertiary/aromatic N) is 1. The van der Waals surface area contributed by atoms with E-state index < -0.39 is 75.9 Å². The lowest BCUT2D eigenvalue weighted by Crippen LogP contribution is -2.67. The predicted molar refractivity (Wildman–Crippen MR) is 140 cm³/mol. The lowest BCUT2D eigenvalue weighted by atomic mass is 9.51. The zero-order chi connectivity index (χ0) is 28.5. The van der Waals surface area contributed by atoms with Crippen molar-refractivity contribution in [1.29, 1.82) is 0 Å². The Labute approximate surface area is 226 Å². The minimum Gasteiger partial charge on any atom is -0.508 e. The number of benzene rings is 1. The molecule has 4 aliphatic rings. The van der Waals surface area contributed by atoms with Gasteiger partial charge >= 0.3 is 0 Å². The second-order valence-electron chi connectivity index (χ2n) is 11.8. The summed E-state index contributed by atoms with van der Waals surface area (Å²) in [4.78, 5) is 41.7. The average Bonchev–Trinajstić information content (AvgIpc) is 2.87. The maximum atomic E-state index is 14.1. The van der Waals surface area contributed by atoms with E-state index in [0.29, 0.717) is 17.7 Å². The molecular formula is C29H36N2O8. The molecular weight excluding hydrogens is 504 g/mol. The summed E-state index contributed by atoms with van der Waals surface area (Å²) >= 11 is 0. The largest absolute Gasteiger partial charge is 0.508 e. The van der Waals surface area contributed by atoms with E-state index in [0.717, 1.165) is 32.4 Å². The maximum Gasteiger partial charge on any atom is 0.255 e. The van der Waals surface area contributed by atoms with Crippen LogP contribution in [-0.2, 0) is 20.9 Å². The number of phenolic OH excluding ortho intramolecular Hbond substituents is 1. The van der Waals surface area contributed by atoms with E-state index in [4.69, 9.17) is 5.73 Å². The van der Waals surface area contributed by atoms with E-state index >= 15 is 0 Å². The number of carbonyl (C=O) groups excluding carboxylic acids is 3. The Bertz CT molecular complexity index is 1320. The van der Waals surface area contributed by atoms with Crippen molar-refractivity contribution in [3.05, 3.63) is 45.7 Å². The molecule has 6 atom stereocenters. The Balaban J connectivity index is 1.69. The Hall–Kier alpha value is -3.21. The monoisotopic (exact) mass is 540 g/mol. The fourth-order valence-corrected chi connectivity index (χ4v) is 7.38. The van der Waals surface area contributed by atoms with Crippen molar-refractivity contribution in [2.24, 2.45) is 29.4 Å². The highest BCUT2D eigenvalue weighted by Gasteiger charge is 2.68. The van der Waals surface area contributed by atoms with Gasteiger partial charge in [-0.25, -0.2) is 0 Å². The SMILES string of the molecule is CC(C)[C@@H]1C(=O)C(C(N)=O)=C(O)[C@@]2(O)C(=O)C3=C(O)c4c(ccc(CN5CCCCC5)c4O)[C@H](C)[C@H]3[C@H](O)[C@@H]12. The quantitative estimate of drug-likeness (QED) is 0.310. The van der Waals surface area contributed by atoms with Gasteiger partial charge in [0.15, 0.2) is 11.4 Å². The van der Waals surface area contributed by atoms with E-state index in [1.165, 1.54) is 0 Å². The third-order valence-corrected chi connectivity index (χ3v) is 9.30. The molecule has 1 aromatic carbocycles. The van der Waals surface area contributed by atoms with E-state index in [-0.39, 0.29) is 16.9 Å². The molecule has 1 aliphatic heterocycles. The normalized spacial score (nSPS) is 33.2. The molecule has 0 radical (unpaired) electrons. The van der Waals surface area contributed by atoms with Gasteiger partial charge in [-0.2, -0.15) is 0 Å². The predicted octanol–water partition coefficient (Wildman–Crippen LogP) is 1.82. The van der Waals surface area contributed by atoms with Crippen molar-refractivity contribution in [1.82, 2.24) is 4.90 Å². The summed E-state index contributed by atoms with van der Waals surface area (Å²) in [6.45, 7) is 7.23. The van der Waals surface area contributed by atoms with Crippen LogP contribution in [0.15, 0.2) is 29.0 Å². The first kappa shape index (κ1) is 27.4. The van der Waals surface area contributed by atoms with Crippen molar-refractivity contribution >= 4 is 23.2 Å². The van der Waals surface area contributed by atoms with Gasteiger partial charge in [-0.05, 0) is 43.3 Å². The summed E-state index contributed by atoms with van der Waals surface area (Å²) in [5.41, 5.74) is 2.37. The van der Waals surface area contributed by atoms with Gasteiger partial charge in [0.2, 0.25) is 5.78 Å². The minimum absolute atomic E-state index is 0.0387. The minimum atomic E-state index is -2.87. The standard InChI is InChI=1S/C29H36N2O8/c1-12(2)16-21-25(35)17-13(3)15-8-7-14(11-31-9-5-4-6-10-31)22(32)18(15)24(34)19(17)26(36)29(21,39)27(37)20(23(16)33)28(30)38/h7-8,12-13,16-17,21,25,32,34-35,37,39H,4-6,9-11H2,1-3H3,(H2,30,38)/t13-,16-,17+,21+,25-,29-/m0/s1. The second-order valence-corrected chi connectivity index (χ2v) is 11.8. The number of amides is 1. The highest BCUT2D eigenvalue weighted by atomic mass is 16.4. The lowest BCUT2D eigenvalue weighted by molar-refractivity contribution is -0.171. The Morgan fingerprint density at radius 1 is 1.13 bits per heavy atom. The van der Waals surface area contributed by atoms with Gasteiger partial charge in [-0.3, -0.25) is 19.3 Å². The van der Waals surface area contributed by atoms with Crippen LogP contribution in [0.1, 0.15) is 62.6 Å². The molecule has 210 valence electrons. The first-order chi connectivity index (χ1) is 18.3. The van der Waals surface area contributed by atoms with Crippen molar-refractivity contribution in [3.63, 3.8) is 0 Å². The number of nitrogens with two attached hydrogens (primary N) is 1. The Morgan fingerprint density at radius 2 is 1.77 bits per heavy atom. The number of primary amides is 1. The molecule has 5 rings (SSSR count). The summed E-state index contributed by atoms with van der Waals surface area (Å²) in [5, 5.41) is 57.2. The van der Waals surface area contributed by atoms with Gasteiger partial charge in [0.1, 0.15) is 22.8 Å². The summed E-state index contributed by atoms with van der Waals surface area (Å²) < 4.78 is 0. The van der Waals surface area contributed by atoms with Crippen LogP contribution in [0, 0.1) is 23.7 Å². The molecule has 39 heavy (non-hydrogen) atoms. The lowest BCUT2D eigenvalue weighted by Gasteiger charge is -2.53. The van der Waals surface area contributed by atoms with Crippen LogP contribution < -0.4 is 5.73 Å². The van der Waals surface area contributed by atoms with E-state index in [1.54, 1.807) is 32.9 Å². The first-order valence-corrected chi connectivity index (χ1v) is 13.6. The molecule has 1 aromatic rings. The molecule has 10 heteroatoms. The van der Waals surface area contributed by atoms with Crippen molar-refractivity contribution in [2.45, 2.75) is 64.2 Å². The van der Waals surface area contributed by atoms with Crippen LogP contribution in [0.2, 0.25) is 0 Å². The number of ketones is 2. The number of likely N-dealkylation sites (tertiary alicyclic amines) is 1. The van der Waals surface area contributed by atoms with Crippen LogP contribution in [0.4, 0.5) is 0 Å².